The van der Waals surface area contributed by atoms with E-state index in [1.54, 1.807) is 11.3 Å². The van der Waals surface area contributed by atoms with Crippen LogP contribution in [0.5, 0.6) is 0 Å². The fraction of sp³-hybridized carbons (Fsp3) is 0.533. The molecule has 2 amide bonds. The van der Waals surface area contributed by atoms with Crippen LogP contribution in [0.15, 0.2) is 23.0 Å². The number of nitrogens with one attached hydrogen (secondary N) is 1. The molecule has 1 saturated heterocycles. The van der Waals surface area contributed by atoms with Crippen LogP contribution < -0.4 is 5.32 Å². The van der Waals surface area contributed by atoms with Gasteiger partial charge in [0, 0.05) is 44.2 Å². The van der Waals surface area contributed by atoms with Gasteiger partial charge in [-0.1, -0.05) is 5.21 Å². The van der Waals surface area contributed by atoms with Crippen LogP contribution in [0.4, 0.5) is 10.5 Å². The number of hydrogen-bond acceptors (Lipinski definition) is 5. The molecule has 3 heterocycles. The smallest absolute Gasteiger partial charge is 0.321 e. The predicted molar refractivity (Wildman–Crippen MR) is 88.4 cm³/mol. The summed E-state index contributed by atoms with van der Waals surface area (Å²) in [6.45, 7) is 2.35. The number of aliphatic hydroxyl groups is 1. The molecule has 0 radical (unpaired) electrons. The van der Waals surface area contributed by atoms with E-state index in [1.807, 2.05) is 32.6 Å². The molecule has 0 aliphatic carbocycles. The Hall–Kier alpha value is -1.93. The Kier molecular flexibility index (Phi) is 5.24. The summed E-state index contributed by atoms with van der Waals surface area (Å²) in [4.78, 5) is 14.2. The van der Waals surface area contributed by atoms with Gasteiger partial charge in [-0.25, -0.2) is 4.79 Å². The number of urea groups is 1. The van der Waals surface area contributed by atoms with Crippen molar-refractivity contribution in [3.63, 3.8) is 0 Å². The number of thiophene rings is 1. The quantitative estimate of drug-likeness (QED) is 0.873. The van der Waals surface area contributed by atoms with E-state index in [-0.39, 0.29) is 12.6 Å². The number of anilines is 1. The van der Waals surface area contributed by atoms with Crippen molar-refractivity contribution in [3.8, 4) is 0 Å². The van der Waals surface area contributed by atoms with Crippen molar-refractivity contribution < 1.29 is 9.90 Å². The topological polar surface area (TPSA) is 83.3 Å². The van der Waals surface area contributed by atoms with Gasteiger partial charge in [-0.15, -0.1) is 5.10 Å². The molecule has 0 spiro atoms. The molecule has 0 aromatic carbocycles. The number of aliphatic hydroxyl groups excluding tert-OH is 1. The molecule has 3 rings (SSSR count). The second-order valence-corrected chi connectivity index (χ2v) is 6.58. The Morgan fingerprint density at radius 1 is 1.52 bits per heavy atom. The van der Waals surface area contributed by atoms with Gasteiger partial charge in [0.25, 0.3) is 0 Å². The molecular formula is C15H21N5O2S. The number of rotatable bonds is 5. The fourth-order valence-corrected chi connectivity index (χ4v) is 3.45. The molecule has 7 nitrogen and oxygen atoms in total. The lowest BCUT2D eigenvalue weighted by molar-refractivity contribution is 0.168. The number of hydrogen-bond donors (Lipinski definition) is 2. The third-order valence-corrected chi connectivity index (χ3v) is 4.66. The monoisotopic (exact) mass is 335 g/mol. The van der Waals surface area contributed by atoms with Crippen molar-refractivity contribution in [2.24, 2.45) is 5.92 Å². The summed E-state index contributed by atoms with van der Waals surface area (Å²) in [5.74, 6) is 0.376. The largest absolute Gasteiger partial charge is 0.396 e. The summed E-state index contributed by atoms with van der Waals surface area (Å²) < 4.78 is 1.82. The predicted octanol–water partition coefficient (Wildman–Crippen LogP) is 1.82. The van der Waals surface area contributed by atoms with Gasteiger partial charge < -0.3 is 15.3 Å². The van der Waals surface area contributed by atoms with Crippen LogP contribution in [0, 0.1) is 5.92 Å². The molecular weight excluding hydrogens is 314 g/mol. The maximum absolute atomic E-state index is 12.3. The SMILES string of the molecule is O=C(Nc1ccsc1)N1CCC[C@H](Cn2cc(CCO)nn2)C1. The van der Waals surface area contributed by atoms with E-state index in [2.05, 4.69) is 15.6 Å². The van der Waals surface area contributed by atoms with Crippen LogP contribution in [0.3, 0.4) is 0 Å². The number of nitrogens with zero attached hydrogens (tertiary/aromatic N) is 4. The van der Waals surface area contributed by atoms with Gasteiger partial charge in [0.1, 0.15) is 0 Å². The van der Waals surface area contributed by atoms with Crippen LogP contribution >= 0.6 is 11.3 Å². The zero-order chi connectivity index (χ0) is 16.1. The number of carbonyl (C=O) groups is 1. The maximum Gasteiger partial charge on any atom is 0.321 e. The Bertz CT molecular complexity index is 628. The second kappa shape index (κ2) is 7.56. The van der Waals surface area contributed by atoms with E-state index in [9.17, 15) is 4.79 Å². The average Bonchev–Trinajstić information content (AvgIpc) is 3.20. The molecule has 2 N–H and O–H groups in total. The Labute approximate surface area is 138 Å². The first kappa shape index (κ1) is 15.9. The second-order valence-electron chi connectivity index (χ2n) is 5.80. The minimum atomic E-state index is -0.0346. The molecule has 1 atom stereocenters. The Morgan fingerprint density at radius 3 is 3.22 bits per heavy atom. The summed E-state index contributed by atoms with van der Waals surface area (Å²) in [5, 5.41) is 23.9. The van der Waals surface area contributed by atoms with Crippen molar-refractivity contribution >= 4 is 23.1 Å². The van der Waals surface area contributed by atoms with E-state index in [1.165, 1.54) is 0 Å². The molecule has 2 aromatic rings. The average molecular weight is 335 g/mol. The molecule has 23 heavy (non-hydrogen) atoms. The highest BCUT2D eigenvalue weighted by atomic mass is 32.1. The number of piperidine rings is 1. The molecule has 1 aliphatic rings. The van der Waals surface area contributed by atoms with Crippen molar-refractivity contribution in [3.05, 3.63) is 28.7 Å². The maximum atomic E-state index is 12.3. The van der Waals surface area contributed by atoms with Gasteiger partial charge >= 0.3 is 6.03 Å². The molecule has 1 fully saturated rings. The van der Waals surface area contributed by atoms with E-state index in [0.717, 1.165) is 43.9 Å². The summed E-state index contributed by atoms with van der Waals surface area (Å²) in [6, 6.07) is 1.87. The van der Waals surface area contributed by atoms with Crippen molar-refractivity contribution in [2.45, 2.75) is 25.8 Å². The molecule has 0 unspecified atom stereocenters. The van der Waals surface area contributed by atoms with Crippen molar-refractivity contribution in [1.82, 2.24) is 19.9 Å². The zero-order valence-electron chi connectivity index (χ0n) is 12.9. The van der Waals surface area contributed by atoms with E-state index in [0.29, 0.717) is 12.3 Å². The van der Waals surface area contributed by atoms with E-state index >= 15 is 0 Å². The van der Waals surface area contributed by atoms with E-state index < -0.39 is 0 Å². The first-order chi connectivity index (χ1) is 11.2. The van der Waals surface area contributed by atoms with E-state index in [4.69, 9.17) is 5.11 Å². The van der Waals surface area contributed by atoms with Crippen LogP contribution in [0.1, 0.15) is 18.5 Å². The summed E-state index contributed by atoms with van der Waals surface area (Å²) in [7, 11) is 0. The van der Waals surface area contributed by atoms with Gasteiger partial charge in [-0.2, -0.15) is 11.3 Å². The lowest BCUT2D eigenvalue weighted by Crippen LogP contribution is -2.43. The lowest BCUT2D eigenvalue weighted by Gasteiger charge is -2.32. The summed E-state index contributed by atoms with van der Waals surface area (Å²) >= 11 is 1.57. The number of likely N-dealkylation sites (tertiary alicyclic amines) is 1. The first-order valence-electron chi connectivity index (χ1n) is 7.82. The number of amides is 2. The minimum absolute atomic E-state index is 0.0346. The minimum Gasteiger partial charge on any atom is -0.396 e. The molecule has 0 saturated carbocycles. The molecule has 8 heteroatoms. The first-order valence-corrected chi connectivity index (χ1v) is 8.77. The molecule has 2 aromatic heterocycles. The third-order valence-electron chi connectivity index (χ3n) is 3.98. The Balaban J connectivity index is 1.53. The molecule has 0 bridgehead atoms. The van der Waals surface area contributed by atoms with Gasteiger partial charge in [-0.3, -0.25) is 4.68 Å². The van der Waals surface area contributed by atoms with Crippen LogP contribution in [-0.4, -0.2) is 50.7 Å². The highest BCUT2D eigenvalue weighted by Gasteiger charge is 2.24. The van der Waals surface area contributed by atoms with Crippen LogP contribution in [0.25, 0.3) is 0 Å². The standard InChI is InChI=1S/C15H21N5O2S/c21-6-3-13-10-20(18-17-13)9-12-2-1-5-19(8-12)15(22)16-14-4-7-23-11-14/h4,7,10-12,21H,1-3,5-6,8-9H2,(H,16,22)/t12-/m0/s1. The summed E-state index contributed by atoms with van der Waals surface area (Å²) in [5.41, 5.74) is 1.66. The lowest BCUT2D eigenvalue weighted by atomic mass is 9.98. The molecule has 124 valence electrons. The molecule has 1 aliphatic heterocycles. The highest BCUT2D eigenvalue weighted by Crippen LogP contribution is 2.20. The van der Waals surface area contributed by atoms with Gasteiger partial charge in [0.15, 0.2) is 0 Å². The zero-order valence-corrected chi connectivity index (χ0v) is 13.7. The van der Waals surface area contributed by atoms with Crippen LogP contribution in [0.2, 0.25) is 0 Å². The Morgan fingerprint density at radius 2 is 2.43 bits per heavy atom. The van der Waals surface area contributed by atoms with Gasteiger partial charge in [0.2, 0.25) is 0 Å². The number of aromatic nitrogens is 3. The number of carbonyl (C=O) groups excluding carboxylic acids is 1. The normalized spacial score (nSPS) is 18.1. The highest BCUT2D eigenvalue weighted by molar-refractivity contribution is 7.08. The summed E-state index contributed by atoms with van der Waals surface area (Å²) in [6.07, 6.45) is 4.48. The van der Waals surface area contributed by atoms with Gasteiger partial charge in [0.05, 0.1) is 11.4 Å². The fourth-order valence-electron chi connectivity index (χ4n) is 2.86. The van der Waals surface area contributed by atoms with Crippen LogP contribution in [-0.2, 0) is 13.0 Å². The van der Waals surface area contributed by atoms with Gasteiger partial charge in [-0.05, 0) is 30.2 Å². The van der Waals surface area contributed by atoms with Crippen molar-refractivity contribution in [2.75, 3.05) is 25.0 Å². The van der Waals surface area contributed by atoms with Crippen molar-refractivity contribution in [1.29, 1.82) is 0 Å². The third kappa shape index (κ3) is 4.29.